The molecule has 2 unspecified atom stereocenters. The summed E-state index contributed by atoms with van der Waals surface area (Å²) in [5, 5.41) is 9.17. The van der Waals surface area contributed by atoms with E-state index >= 15 is 0 Å². The van der Waals surface area contributed by atoms with Gasteiger partial charge in [-0.2, -0.15) is 0 Å². The Balaban J connectivity index is 1.89. The number of hydrogen-bond acceptors (Lipinski definition) is 3. The molecule has 0 aromatic heterocycles. The molecule has 19 heavy (non-hydrogen) atoms. The van der Waals surface area contributed by atoms with Gasteiger partial charge in [0.05, 0.1) is 7.11 Å². The van der Waals surface area contributed by atoms with Crippen LogP contribution in [0.15, 0.2) is 24.3 Å². The molecule has 1 aromatic rings. The first-order valence-electron chi connectivity index (χ1n) is 6.61. The molecule has 1 aromatic carbocycles. The van der Waals surface area contributed by atoms with Crippen LogP contribution in [0.25, 0.3) is 0 Å². The van der Waals surface area contributed by atoms with Gasteiger partial charge in [0.15, 0.2) is 0 Å². The Morgan fingerprint density at radius 2 is 2.32 bits per heavy atom. The number of benzene rings is 1. The number of ether oxygens (including phenoxy) is 1. The zero-order valence-corrected chi connectivity index (χ0v) is 11.4. The predicted molar refractivity (Wildman–Crippen MR) is 75.6 cm³/mol. The van der Waals surface area contributed by atoms with Crippen molar-refractivity contribution in [2.45, 2.75) is 19.4 Å². The summed E-state index contributed by atoms with van der Waals surface area (Å²) < 4.78 is 5.12. The summed E-state index contributed by atoms with van der Waals surface area (Å²) in [5.41, 5.74) is 0.735. The van der Waals surface area contributed by atoms with Crippen molar-refractivity contribution < 1.29 is 9.53 Å². The van der Waals surface area contributed by atoms with E-state index in [-0.39, 0.29) is 12.1 Å². The van der Waals surface area contributed by atoms with Gasteiger partial charge in [0.25, 0.3) is 0 Å². The van der Waals surface area contributed by atoms with Crippen LogP contribution >= 0.6 is 0 Å². The van der Waals surface area contributed by atoms with Crippen LogP contribution in [0.1, 0.15) is 13.3 Å². The summed E-state index contributed by atoms with van der Waals surface area (Å²) >= 11 is 0. The predicted octanol–water partition coefficient (Wildman–Crippen LogP) is 1.81. The molecular formula is C14H21N3O2. The molecule has 0 saturated carbocycles. The largest absolute Gasteiger partial charge is 0.497 e. The monoisotopic (exact) mass is 263 g/mol. The number of urea groups is 1. The maximum Gasteiger partial charge on any atom is 0.319 e. The Kier molecular flexibility index (Phi) is 4.63. The van der Waals surface area contributed by atoms with E-state index in [1.807, 2.05) is 18.2 Å². The maximum absolute atomic E-state index is 11.9. The summed E-state index contributed by atoms with van der Waals surface area (Å²) in [4.78, 5) is 11.9. The highest BCUT2D eigenvalue weighted by molar-refractivity contribution is 5.89. The van der Waals surface area contributed by atoms with Crippen molar-refractivity contribution in [3.63, 3.8) is 0 Å². The first-order valence-corrected chi connectivity index (χ1v) is 6.61. The Morgan fingerprint density at radius 3 is 3.05 bits per heavy atom. The second-order valence-corrected chi connectivity index (χ2v) is 4.91. The number of hydrogen-bond donors (Lipinski definition) is 3. The molecule has 2 amide bonds. The second kappa shape index (κ2) is 6.43. The quantitative estimate of drug-likeness (QED) is 0.779. The van der Waals surface area contributed by atoms with Gasteiger partial charge in [-0.15, -0.1) is 0 Å². The summed E-state index contributed by atoms with van der Waals surface area (Å²) in [6.45, 7) is 4.04. The van der Waals surface area contributed by atoms with Gasteiger partial charge in [-0.25, -0.2) is 4.79 Å². The van der Waals surface area contributed by atoms with Gasteiger partial charge in [-0.1, -0.05) is 13.0 Å². The van der Waals surface area contributed by atoms with E-state index in [0.29, 0.717) is 5.92 Å². The molecule has 1 fully saturated rings. The van der Waals surface area contributed by atoms with E-state index < -0.39 is 0 Å². The second-order valence-electron chi connectivity index (χ2n) is 4.91. The van der Waals surface area contributed by atoms with E-state index in [2.05, 4.69) is 22.9 Å². The highest BCUT2D eigenvalue weighted by Gasteiger charge is 2.22. The van der Waals surface area contributed by atoms with Crippen LogP contribution in [0.2, 0.25) is 0 Å². The lowest BCUT2D eigenvalue weighted by molar-refractivity contribution is 0.236. The average Bonchev–Trinajstić information content (AvgIpc) is 2.41. The van der Waals surface area contributed by atoms with Crippen LogP contribution in [0.3, 0.4) is 0 Å². The third-order valence-electron chi connectivity index (χ3n) is 3.43. The Morgan fingerprint density at radius 1 is 1.47 bits per heavy atom. The Labute approximate surface area is 113 Å². The Hall–Kier alpha value is -1.75. The smallest absolute Gasteiger partial charge is 0.319 e. The van der Waals surface area contributed by atoms with Gasteiger partial charge in [0.2, 0.25) is 0 Å². The number of carbonyl (C=O) groups is 1. The normalized spacial score (nSPS) is 22.6. The van der Waals surface area contributed by atoms with Crippen molar-refractivity contribution in [3.05, 3.63) is 24.3 Å². The van der Waals surface area contributed by atoms with E-state index in [1.165, 1.54) is 0 Å². The van der Waals surface area contributed by atoms with Crippen molar-refractivity contribution in [2.75, 3.05) is 25.5 Å². The molecular weight excluding hydrogens is 242 g/mol. The number of methoxy groups -OCH3 is 1. The van der Waals surface area contributed by atoms with Crippen LogP contribution in [0, 0.1) is 5.92 Å². The highest BCUT2D eigenvalue weighted by Crippen LogP contribution is 2.17. The highest BCUT2D eigenvalue weighted by atomic mass is 16.5. The number of piperidine rings is 1. The molecule has 5 heteroatoms. The fourth-order valence-electron chi connectivity index (χ4n) is 2.26. The Bertz CT molecular complexity index is 436. The van der Waals surface area contributed by atoms with Crippen molar-refractivity contribution in [2.24, 2.45) is 5.92 Å². The summed E-state index contributed by atoms with van der Waals surface area (Å²) in [5.74, 6) is 1.18. The molecule has 1 saturated heterocycles. The van der Waals surface area contributed by atoms with Gasteiger partial charge < -0.3 is 20.7 Å². The van der Waals surface area contributed by atoms with E-state index in [9.17, 15) is 4.79 Å². The van der Waals surface area contributed by atoms with E-state index in [4.69, 9.17) is 4.74 Å². The molecule has 104 valence electrons. The minimum Gasteiger partial charge on any atom is -0.497 e. The molecule has 0 spiro atoms. The number of anilines is 1. The molecule has 0 bridgehead atoms. The van der Waals surface area contributed by atoms with Gasteiger partial charge >= 0.3 is 6.03 Å². The van der Waals surface area contributed by atoms with Gasteiger partial charge in [0, 0.05) is 17.8 Å². The van der Waals surface area contributed by atoms with E-state index in [1.54, 1.807) is 13.2 Å². The molecule has 2 atom stereocenters. The third-order valence-corrected chi connectivity index (χ3v) is 3.43. The fourth-order valence-corrected chi connectivity index (χ4v) is 2.26. The standard InChI is InChI=1S/C14H21N3O2/c1-10-9-15-7-6-13(10)17-14(18)16-11-4-3-5-12(8-11)19-2/h3-5,8,10,13,15H,6-7,9H2,1-2H3,(H2,16,17,18). The summed E-state index contributed by atoms with van der Waals surface area (Å²) in [7, 11) is 1.61. The lowest BCUT2D eigenvalue weighted by atomic mass is 9.95. The molecule has 2 rings (SSSR count). The van der Waals surface area contributed by atoms with Crippen LogP contribution in [-0.4, -0.2) is 32.3 Å². The van der Waals surface area contributed by atoms with Gasteiger partial charge in [0.1, 0.15) is 5.75 Å². The number of amides is 2. The molecule has 5 nitrogen and oxygen atoms in total. The van der Waals surface area contributed by atoms with Crippen LogP contribution in [0.4, 0.5) is 10.5 Å². The molecule has 3 N–H and O–H groups in total. The van der Waals surface area contributed by atoms with Crippen LogP contribution in [-0.2, 0) is 0 Å². The van der Waals surface area contributed by atoms with Crippen molar-refractivity contribution in [3.8, 4) is 5.75 Å². The van der Waals surface area contributed by atoms with Crippen molar-refractivity contribution in [1.82, 2.24) is 10.6 Å². The maximum atomic E-state index is 11.9. The lowest BCUT2D eigenvalue weighted by Gasteiger charge is -2.30. The first kappa shape index (κ1) is 13.7. The third kappa shape index (κ3) is 3.86. The van der Waals surface area contributed by atoms with E-state index in [0.717, 1.165) is 30.9 Å². The summed E-state index contributed by atoms with van der Waals surface area (Å²) in [6, 6.07) is 7.40. The minimum absolute atomic E-state index is 0.160. The molecule has 1 heterocycles. The van der Waals surface area contributed by atoms with Crippen LogP contribution < -0.4 is 20.7 Å². The number of nitrogens with one attached hydrogen (secondary N) is 3. The van der Waals surface area contributed by atoms with Gasteiger partial charge in [-0.05, 0) is 37.6 Å². The summed E-state index contributed by atoms with van der Waals surface area (Å²) in [6.07, 6.45) is 0.965. The van der Waals surface area contributed by atoms with Crippen molar-refractivity contribution in [1.29, 1.82) is 0 Å². The topological polar surface area (TPSA) is 62.4 Å². The SMILES string of the molecule is COc1cccc(NC(=O)NC2CCNCC2C)c1. The molecule has 1 aliphatic rings. The molecule has 1 aliphatic heterocycles. The zero-order valence-electron chi connectivity index (χ0n) is 11.4. The lowest BCUT2D eigenvalue weighted by Crippen LogP contribution is -2.49. The minimum atomic E-state index is -0.160. The van der Waals surface area contributed by atoms with Crippen molar-refractivity contribution >= 4 is 11.7 Å². The number of rotatable bonds is 3. The average molecular weight is 263 g/mol. The van der Waals surface area contributed by atoms with Gasteiger partial charge in [-0.3, -0.25) is 0 Å². The zero-order chi connectivity index (χ0) is 13.7. The molecule has 0 aliphatic carbocycles. The number of carbonyl (C=O) groups excluding carboxylic acids is 1. The van der Waals surface area contributed by atoms with Crippen LogP contribution in [0.5, 0.6) is 5.75 Å². The fraction of sp³-hybridized carbons (Fsp3) is 0.500. The first-order chi connectivity index (χ1) is 9.19. The molecule has 0 radical (unpaired) electrons.